The second kappa shape index (κ2) is 8.49. The van der Waals surface area contributed by atoms with Gasteiger partial charge >= 0.3 is 0 Å². The summed E-state index contributed by atoms with van der Waals surface area (Å²) in [5.74, 6) is -0.219. The molecule has 132 valence electrons. The third-order valence-electron chi connectivity index (χ3n) is 4.36. The first kappa shape index (κ1) is 18.7. The highest BCUT2D eigenvalue weighted by molar-refractivity contribution is 6.30. The molecule has 6 heteroatoms. The highest BCUT2D eigenvalue weighted by Crippen LogP contribution is 2.13. The van der Waals surface area contributed by atoms with E-state index in [1.54, 1.807) is 24.3 Å². The molecule has 24 heavy (non-hydrogen) atoms. The van der Waals surface area contributed by atoms with Gasteiger partial charge in [0.05, 0.1) is 0 Å². The van der Waals surface area contributed by atoms with E-state index in [9.17, 15) is 9.59 Å². The third-order valence-corrected chi connectivity index (χ3v) is 4.61. The van der Waals surface area contributed by atoms with Crippen molar-refractivity contribution in [3.05, 3.63) is 34.9 Å². The molecule has 1 fully saturated rings. The number of benzene rings is 1. The zero-order valence-corrected chi connectivity index (χ0v) is 15.3. The van der Waals surface area contributed by atoms with Gasteiger partial charge in [-0.25, -0.2) is 0 Å². The van der Waals surface area contributed by atoms with Gasteiger partial charge in [-0.1, -0.05) is 25.4 Å². The molecule has 0 spiro atoms. The van der Waals surface area contributed by atoms with Gasteiger partial charge in [0, 0.05) is 30.2 Å². The lowest BCUT2D eigenvalue weighted by molar-refractivity contribution is -0.134. The molecule has 1 atom stereocenters. The van der Waals surface area contributed by atoms with E-state index in [1.165, 1.54) is 0 Å². The first-order valence-corrected chi connectivity index (χ1v) is 8.80. The molecule has 5 nitrogen and oxygen atoms in total. The van der Waals surface area contributed by atoms with Crippen LogP contribution in [-0.2, 0) is 4.79 Å². The Labute approximate surface area is 149 Å². The predicted octanol–water partition coefficient (Wildman–Crippen LogP) is 2.26. The Bertz CT molecular complexity index is 574. The minimum Gasteiger partial charge on any atom is -0.340 e. The minimum absolute atomic E-state index is 0.00242. The summed E-state index contributed by atoms with van der Waals surface area (Å²) in [5.41, 5.74) is 0.508. The van der Waals surface area contributed by atoms with Crippen molar-refractivity contribution in [3.63, 3.8) is 0 Å². The van der Waals surface area contributed by atoms with E-state index in [1.807, 2.05) is 18.7 Å². The van der Waals surface area contributed by atoms with E-state index in [2.05, 4.69) is 17.3 Å². The lowest BCUT2D eigenvalue weighted by Gasteiger charge is -2.29. The summed E-state index contributed by atoms with van der Waals surface area (Å²) >= 11 is 5.86. The van der Waals surface area contributed by atoms with Crippen LogP contribution in [0.2, 0.25) is 5.02 Å². The maximum absolute atomic E-state index is 12.9. The molecule has 0 radical (unpaired) electrons. The number of nitrogens with one attached hydrogen (secondary N) is 1. The summed E-state index contributed by atoms with van der Waals surface area (Å²) in [6.07, 6.45) is 0.957. The van der Waals surface area contributed by atoms with E-state index in [0.717, 1.165) is 26.1 Å². The Balaban J connectivity index is 2.06. The van der Waals surface area contributed by atoms with Crippen LogP contribution in [0.15, 0.2) is 24.3 Å². The van der Waals surface area contributed by atoms with Gasteiger partial charge in [0.25, 0.3) is 5.91 Å². The van der Waals surface area contributed by atoms with Crippen molar-refractivity contribution in [2.45, 2.75) is 26.3 Å². The van der Waals surface area contributed by atoms with Crippen LogP contribution in [0.25, 0.3) is 0 Å². The van der Waals surface area contributed by atoms with E-state index in [0.29, 0.717) is 17.1 Å². The van der Waals surface area contributed by atoms with Crippen LogP contribution in [0, 0.1) is 5.92 Å². The molecular weight excluding hydrogens is 326 g/mol. The van der Waals surface area contributed by atoms with Crippen LogP contribution >= 0.6 is 11.6 Å². The number of likely N-dealkylation sites (N-methyl/N-ethyl adjacent to an activating group) is 1. The maximum atomic E-state index is 12.9. The summed E-state index contributed by atoms with van der Waals surface area (Å²) in [7, 11) is 2.07. The van der Waals surface area contributed by atoms with Crippen LogP contribution in [0.3, 0.4) is 0 Å². The van der Waals surface area contributed by atoms with Crippen LogP contribution in [0.5, 0.6) is 0 Å². The molecule has 0 aliphatic carbocycles. The zero-order chi connectivity index (χ0) is 17.7. The molecule has 1 aromatic rings. The van der Waals surface area contributed by atoms with Crippen LogP contribution < -0.4 is 5.32 Å². The zero-order valence-electron chi connectivity index (χ0n) is 14.6. The van der Waals surface area contributed by atoms with E-state index in [-0.39, 0.29) is 17.7 Å². The Morgan fingerprint density at radius 3 is 2.38 bits per heavy atom. The Morgan fingerprint density at radius 1 is 1.08 bits per heavy atom. The van der Waals surface area contributed by atoms with Crippen LogP contribution in [0.1, 0.15) is 30.6 Å². The molecule has 0 aromatic heterocycles. The topological polar surface area (TPSA) is 52.7 Å². The molecule has 1 saturated heterocycles. The summed E-state index contributed by atoms with van der Waals surface area (Å²) in [4.78, 5) is 29.4. The monoisotopic (exact) mass is 351 g/mol. The molecule has 2 rings (SSSR count). The van der Waals surface area contributed by atoms with Gasteiger partial charge < -0.3 is 15.1 Å². The van der Waals surface area contributed by atoms with Crippen LogP contribution in [0.4, 0.5) is 0 Å². The average molecular weight is 352 g/mol. The lowest BCUT2D eigenvalue weighted by Crippen LogP contribution is -2.52. The fraction of sp³-hybridized carbons (Fsp3) is 0.556. The molecule has 0 saturated carbocycles. The van der Waals surface area contributed by atoms with Crippen molar-refractivity contribution in [1.29, 1.82) is 0 Å². The first-order chi connectivity index (χ1) is 11.4. The molecule has 1 unspecified atom stereocenters. The minimum atomic E-state index is -0.517. The first-order valence-electron chi connectivity index (χ1n) is 8.42. The number of carbonyl (C=O) groups excluding carboxylic acids is 2. The summed E-state index contributed by atoms with van der Waals surface area (Å²) < 4.78 is 0. The number of hydrogen-bond acceptors (Lipinski definition) is 3. The fourth-order valence-electron chi connectivity index (χ4n) is 2.80. The average Bonchev–Trinajstić information content (AvgIpc) is 2.76. The standard InChI is InChI=1S/C18H26ClN3O2/c1-13(2)16(18(24)22-10-4-9-21(3)11-12-22)20-17(23)14-5-7-15(19)8-6-14/h5-8,13,16H,4,9-12H2,1-3H3,(H,20,23). The van der Waals surface area contributed by atoms with Gasteiger partial charge in [-0.2, -0.15) is 0 Å². The maximum Gasteiger partial charge on any atom is 0.251 e. The Hall–Kier alpha value is -1.59. The summed E-state index contributed by atoms with van der Waals surface area (Å²) in [5, 5.41) is 3.47. The highest BCUT2D eigenvalue weighted by atomic mass is 35.5. The molecule has 1 heterocycles. The number of amides is 2. The van der Waals surface area contributed by atoms with Crippen LogP contribution in [-0.4, -0.2) is 60.9 Å². The molecule has 0 bridgehead atoms. The Kier molecular flexibility index (Phi) is 6.63. The van der Waals surface area contributed by atoms with Crippen molar-refractivity contribution < 1.29 is 9.59 Å². The molecule has 1 aliphatic rings. The molecule has 1 aliphatic heterocycles. The second-order valence-corrected chi connectivity index (χ2v) is 7.12. The number of rotatable bonds is 4. The van der Waals surface area contributed by atoms with Gasteiger partial charge in [0.15, 0.2) is 0 Å². The number of halogens is 1. The van der Waals surface area contributed by atoms with Gasteiger partial charge in [-0.15, -0.1) is 0 Å². The highest BCUT2D eigenvalue weighted by Gasteiger charge is 2.29. The van der Waals surface area contributed by atoms with Crippen molar-refractivity contribution in [2.75, 3.05) is 33.2 Å². The number of hydrogen-bond donors (Lipinski definition) is 1. The SMILES string of the molecule is CC(C)C(NC(=O)c1ccc(Cl)cc1)C(=O)N1CCCN(C)CC1. The van der Waals surface area contributed by atoms with E-state index < -0.39 is 6.04 Å². The molecular formula is C18H26ClN3O2. The Morgan fingerprint density at radius 2 is 1.75 bits per heavy atom. The summed E-state index contributed by atoms with van der Waals surface area (Å²) in [6, 6.07) is 6.16. The van der Waals surface area contributed by atoms with Gasteiger partial charge in [-0.3, -0.25) is 9.59 Å². The second-order valence-electron chi connectivity index (χ2n) is 6.68. The number of nitrogens with zero attached hydrogens (tertiary/aromatic N) is 2. The van der Waals surface area contributed by atoms with E-state index >= 15 is 0 Å². The van der Waals surface area contributed by atoms with Crippen molar-refractivity contribution in [1.82, 2.24) is 15.1 Å². The molecule has 2 amide bonds. The lowest BCUT2D eigenvalue weighted by atomic mass is 10.0. The van der Waals surface area contributed by atoms with Gasteiger partial charge in [-0.05, 0) is 50.2 Å². The molecule has 1 aromatic carbocycles. The largest absolute Gasteiger partial charge is 0.340 e. The fourth-order valence-corrected chi connectivity index (χ4v) is 2.93. The van der Waals surface area contributed by atoms with E-state index in [4.69, 9.17) is 11.6 Å². The number of carbonyl (C=O) groups is 2. The smallest absolute Gasteiger partial charge is 0.251 e. The summed E-state index contributed by atoms with van der Waals surface area (Å²) in [6.45, 7) is 7.21. The molecule has 1 N–H and O–H groups in total. The van der Waals surface area contributed by atoms with Crippen molar-refractivity contribution in [2.24, 2.45) is 5.92 Å². The van der Waals surface area contributed by atoms with Gasteiger partial charge in [0.2, 0.25) is 5.91 Å². The third kappa shape index (κ3) is 4.95. The van der Waals surface area contributed by atoms with Crippen molar-refractivity contribution in [3.8, 4) is 0 Å². The quantitative estimate of drug-likeness (QED) is 0.905. The van der Waals surface area contributed by atoms with Crippen molar-refractivity contribution >= 4 is 23.4 Å². The van der Waals surface area contributed by atoms with Gasteiger partial charge in [0.1, 0.15) is 6.04 Å². The predicted molar refractivity (Wildman–Crippen MR) is 96.2 cm³/mol. The normalized spacial score (nSPS) is 17.5.